The minimum atomic E-state index is -0.153. The molecule has 0 radical (unpaired) electrons. The largest absolute Gasteiger partial charge is 0.489 e. The molecular formula is C23H25N3O2. The molecule has 0 saturated heterocycles. The van der Waals surface area contributed by atoms with E-state index in [1.165, 1.54) is 0 Å². The fourth-order valence-corrected chi connectivity index (χ4v) is 2.53. The molecule has 0 fully saturated rings. The number of ether oxygens (including phenoxy) is 1. The molecule has 0 spiro atoms. The van der Waals surface area contributed by atoms with Crippen LogP contribution in [-0.4, -0.2) is 17.4 Å². The van der Waals surface area contributed by atoms with Crippen molar-refractivity contribution < 1.29 is 9.53 Å². The van der Waals surface area contributed by atoms with Gasteiger partial charge in [-0.1, -0.05) is 44.2 Å². The van der Waals surface area contributed by atoms with Crippen molar-refractivity contribution in [2.75, 3.05) is 11.9 Å². The first-order valence-corrected chi connectivity index (χ1v) is 9.38. The molecule has 2 aromatic carbocycles. The van der Waals surface area contributed by atoms with E-state index in [0.717, 1.165) is 22.7 Å². The van der Waals surface area contributed by atoms with Gasteiger partial charge in [-0.3, -0.25) is 4.79 Å². The third kappa shape index (κ3) is 5.84. The smallest absolute Gasteiger partial charge is 0.269 e. The van der Waals surface area contributed by atoms with Crippen LogP contribution in [0, 0.1) is 5.92 Å². The lowest BCUT2D eigenvalue weighted by molar-refractivity contribution is 0.0944. The first kappa shape index (κ1) is 19.4. The summed E-state index contributed by atoms with van der Waals surface area (Å²) in [4.78, 5) is 16.2. The van der Waals surface area contributed by atoms with Crippen molar-refractivity contribution >= 4 is 17.3 Å². The quantitative estimate of drug-likeness (QED) is 0.594. The molecule has 5 heteroatoms. The predicted octanol–water partition coefficient (Wildman–Crippen LogP) is 4.79. The summed E-state index contributed by atoms with van der Waals surface area (Å²) in [6.45, 7) is 5.29. The van der Waals surface area contributed by atoms with Gasteiger partial charge in [0, 0.05) is 12.2 Å². The van der Waals surface area contributed by atoms with Crippen LogP contribution in [0.5, 0.6) is 5.75 Å². The van der Waals surface area contributed by atoms with Crippen molar-refractivity contribution in [3.8, 4) is 5.75 Å². The highest BCUT2D eigenvalue weighted by Gasteiger charge is 2.07. The molecule has 2 N–H and O–H groups in total. The number of nitrogens with one attached hydrogen (secondary N) is 2. The molecule has 1 aromatic heterocycles. The van der Waals surface area contributed by atoms with Gasteiger partial charge < -0.3 is 15.4 Å². The van der Waals surface area contributed by atoms with Crippen molar-refractivity contribution in [1.29, 1.82) is 0 Å². The lowest BCUT2D eigenvalue weighted by Gasteiger charge is -2.10. The molecule has 0 aliphatic carbocycles. The summed E-state index contributed by atoms with van der Waals surface area (Å²) in [5, 5.41) is 6.13. The minimum Gasteiger partial charge on any atom is -0.489 e. The molecule has 28 heavy (non-hydrogen) atoms. The lowest BCUT2D eigenvalue weighted by Crippen LogP contribution is -2.27. The average Bonchev–Trinajstić information content (AvgIpc) is 2.73. The molecule has 3 rings (SSSR count). The number of rotatable bonds is 8. The summed E-state index contributed by atoms with van der Waals surface area (Å²) < 4.78 is 5.79. The van der Waals surface area contributed by atoms with Crippen molar-refractivity contribution in [3.05, 3.63) is 84.2 Å². The molecule has 144 valence electrons. The van der Waals surface area contributed by atoms with Gasteiger partial charge in [0.15, 0.2) is 0 Å². The zero-order chi connectivity index (χ0) is 19.8. The van der Waals surface area contributed by atoms with Gasteiger partial charge in [0.1, 0.15) is 18.1 Å². The van der Waals surface area contributed by atoms with E-state index in [4.69, 9.17) is 4.74 Å². The average molecular weight is 375 g/mol. The third-order valence-corrected chi connectivity index (χ3v) is 4.06. The van der Waals surface area contributed by atoms with Crippen LogP contribution >= 0.6 is 0 Å². The van der Waals surface area contributed by atoms with Gasteiger partial charge >= 0.3 is 0 Å². The SMILES string of the molecule is CC(C)CNC(=O)c1ccc(Nc2ccc(OCc3ccccc3)cc2)cn1. The van der Waals surface area contributed by atoms with E-state index in [0.29, 0.717) is 24.8 Å². The van der Waals surface area contributed by atoms with E-state index in [2.05, 4.69) is 29.5 Å². The molecule has 0 aliphatic heterocycles. The number of nitrogens with zero attached hydrogens (tertiary/aromatic N) is 1. The van der Waals surface area contributed by atoms with Crippen molar-refractivity contribution in [1.82, 2.24) is 10.3 Å². The van der Waals surface area contributed by atoms with Crippen LogP contribution in [0.4, 0.5) is 11.4 Å². The van der Waals surface area contributed by atoms with E-state index < -0.39 is 0 Å². The van der Waals surface area contributed by atoms with Crippen molar-refractivity contribution in [2.45, 2.75) is 20.5 Å². The van der Waals surface area contributed by atoms with E-state index >= 15 is 0 Å². The maximum absolute atomic E-state index is 12.0. The molecule has 0 bridgehead atoms. The molecule has 0 saturated carbocycles. The Morgan fingerprint density at radius 2 is 1.68 bits per heavy atom. The molecule has 5 nitrogen and oxygen atoms in total. The maximum atomic E-state index is 12.0. The van der Waals surface area contributed by atoms with E-state index in [1.54, 1.807) is 12.3 Å². The number of carbonyl (C=O) groups excluding carboxylic acids is 1. The Labute approximate surface area is 165 Å². The second kappa shape index (κ2) is 9.55. The second-order valence-electron chi connectivity index (χ2n) is 6.96. The number of pyridine rings is 1. The third-order valence-electron chi connectivity index (χ3n) is 4.06. The first-order valence-electron chi connectivity index (χ1n) is 9.38. The van der Waals surface area contributed by atoms with Crippen LogP contribution in [0.1, 0.15) is 29.9 Å². The second-order valence-corrected chi connectivity index (χ2v) is 6.96. The fraction of sp³-hybridized carbons (Fsp3) is 0.217. The minimum absolute atomic E-state index is 0.153. The summed E-state index contributed by atoms with van der Waals surface area (Å²) in [6, 6.07) is 21.4. The maximum Gasteiger partial charge on any atom is 0.269 e. The number of anilines is 2. The van der Waals surface area contributed by atoms with E-state index in [9.17, 15) is 4.79 Å². The number of aromatic nitrogens is 1. The first-order chi connectivity index (χ1) is 13.6. The van der Waals surface area contributed by atoms with Gasteiger partial charge in [-0.2, -0.15) is 0 Å². The van der Waals surface area contributed by atoms with Crippen LogP contribution in [0.2, 0.25) is 0 Å². The zero-order valence-electron chi connectivity index (χ0n) is 16.2. The summed E-state index contributed by atoms with van der Waals surface area (Å²) in [5.74, 6) is 1.06. The molecule has 3 aromatic rings. The predicted molar refractivity (Wildman–Crippen MR) is 112 cm³/mol. The molecule has 0 unspecified atom stereocenters. The zero-order valence-corrected chi connectivity index (χ0v) is 16.2. The van der Waals surface area contributed by atoms with Crippen LogP contribution in [0.25, 0.3) is 0 Å². The van der Waals surface area contributed by atoms with Crippen LogP contribution in [0.3, 0.4) is 0 Å². The van der Waals surface area contributed by atoms with Gasteiger partial charge in [0.2, 0.25) is 0 Å². The Kier molecular flexibility index (Phi) is 6.63. The standard InChI is InChI=1S/C23H25N3O2/c1-17(2)14-25-23(27)22-13-10-20(15-24-22)26-19-8-11-21(12-9-19)28-16-18-6-4-3-5-7-18/h3-13,15,17,26H,14,16H2,1-2H3,(H,25,27). The van der Waals surface area contributed by atoms with Crippen LogP contribution in [-0.2, 0) is 6.61 Å². The topological polar surface area (TPSA) is 63.2 Å². The van der Waals surface area contributed by atoms with Gasteiger partial charge in [0.25, 0.3) is 5.91 Å². The Balaban J connectivity index is 1.53. The van der Waals surface area contributed by atoms with Gasteiger partial charge in [0.05, 0.1) is 11.9 Å². The number of hydrogen-bond acceptors (Lipinski definition) is 4. The van der Waals surface area contributed by atoms with E-state index in [1.807, 2.05) is 60.7 Å². The Bertz CT molecular complexity index is 876. The van der Waals surface area contributed by atoms with Crippen molar-refractivity contribution in [2.24, 2.45) is 5.92 Å². The fourth-order valence-electron chi connectivity index (χ4n) is 2.53. The molecule has 1 heterocycles. The Hall–Kier alpha value is -3.34. The molecular weight excluding hydrogens is 350 g/mol. The Morgan fingerprint density at radius 1 is 0.964 bits per heavy atom. The highest BCUT2D eigenvalue weighted by molar-refractivity contribution is 5.92. The summed E-state index contributed by atoms with van der Waals surface area (Å²) >= 11 is 0. The normalized spacial score (nSPS) is 10.5. The summed E-state index contributed by atoms with van der Waals surface area (Å²) in [6.07, 6.45) is 1.66. The monoisotopic (exact) mass is 375 g/mol. The number of hydrogen-bond donors (Lipinski definition) is 2. The van der Waals surface area contributed by atoms with Gasteiger partial charge in [-0.15, -0.1) is 0 Å². The van der Waals surface area contributed by atoms with Gasteiger partial charge in [-0.05, 0) is 47.9 Å². The highest BCUT2D eigenvalue weighted by Crippen LogP contribution is 2.20. The number of benzene rings is 2. The molecule has 0 aliphatic rings. The van der Waals surface area contributed by atoms with Crippen molar-refractivity contribution in [3.63, 3.8) is 0 Å². The molecule has 1 amide bonds. The summed E-state index contributed by atoms with van der Waals surface area (Å²) in [5.41, 5.74) is 3.29. The summed E-state index contributed by atoms with van der Waals surface area (Å²) in [7, 11) is 0. The molecule has 0 atom stereocenters. The van der Waals surface area contributed by atoms with E-state index in [-0.39, 0.29) is 5.91 Å². The number of amides is 1. The lowest BCUT2D eigenvalue weighted by atomic mass is 10.2. The number of carbonyl (C=O) groups is 1. The van der Waals surface area contributed by atoms with Gasteiger partial charge in [-0.25, -0.2) is 4.98 Å². The Morgan fingerprint density at radius 3 is 2.32 bits per heavy atom. The van der Waals surface area contributed by atoms with Crippen LogP contribution in [0.15, 0.2) is 72.9 Å². The highest BCUT2D eigenvalue weighted by atomic mass is 16.5. The van der Waals surface area contributed by atoms with Crippen LogP contribution < -0.4 is 15.4 Å².